The lowest BCUT2D eigenvalue weighted by Crippen LogP contribution is -2.39. The van der Waals surface area contributed by atoms with E-state index in [1.807, 2.05) is 0 Å². The van der Waals surface area contributed by atoms with Crippen LogP contribution in [0.15, 0.2) is 18.2 Å². The topological polar surface area (TPSA) is 12.0 Å². The Morgan fingerprint density at radius 3 is 2.20 bits per heavy atom. The van der Waals surface area contributed by atoms with Crippen LogP contribution < -0.4 is 5.32 Å². The number of rotatable bonds is 4. The molecule has 0 aliphatic heterocycles. The molecule has 2 rings (SSSR count). The van der Waals surface area contributed by atoms with E-state index in [4.69, 9.17) is 0 Å². The van der Waals surface area contributed by atoms with Gasteiger partial charge in [0.15, 0.2) is 0 Å². The zero-order valence-corrected chi connectivity index (χ0v) is 13.9. The van der Waals surface area contributed by atoms with E-state index in [9.17, 15) is 0 Å². The van der Waals surface area contributed by atoms with Gasteiger partial charge in [-0.25, -0.2) is 0 Å². The summed E-state index contributed by atoms with van der Waals surface area (Å²) >= 11 is 0. The number of likely N-dealkylation sites (N-methyl/N-ethyl adjacent to an activating group) is 1. The van der Waals surface area contributed by atoms with Crippen molar-refractivity contribution in [3.63, 3.8) is 0 Å². The maximum Gasteiger partial charge on any atom is 0.0133 e. The highest BCUT2D eigenvalue weighted by Gasteiger charge is 2.31. The molecule has 20 heavy (non-hydrogen) atoms. The van der Waals surface area contributed by atoms with Crippen molar-refractivity contribution >= 4 is 0 Å². The largest absolute Gasteiger partial charge is 0.316 e. The molecule has 0 bridgehead atoms. The van der Waals surface area contributed by atoms with E-state index < -0.39 is 0 Å². The lowest BCUT2D eigenvalue weighted by Gasteiger charge is -2.38. The molecule has 1 aliphatic rings. The molecule has 0 heterocycles. The van der Waals surface area contributed by atoms with Crippen LogP contribution >= 0.6 is 0 Å². The van der Waals surface area contributed by atoms with Gasteiger partial charge >= 0.3 is 0 Å². The predicted molar refractivity (Wildman–Crippen MR) is 88.2 cm³/mol. The number of hydrogen-bond acceptors (Lipinski definition) is 1. The van der Waals surface area contributed by atoms with Crippen LogP contribution in [0.2, 0.25) is 0 Å². The maximum atomic E-state index is 3.60. The van der Waals surface area contributed by atoms with Crippen molar-refractivity contribution in [3.8, 4) is 0 Å². The fourth-order valence-electron chi connectivity index (χ4n) is 3.72. The molecule has 0 saturated heterocycles. The summed E-state index contributed by atoms with van der Waals surface area (Å²) in [6.07, 6.45) is 6.69. The Labute approximate surface area is 125 Å². The molecule has 1 heteroatoms. The first kappa shape index (κ1) is 15.6. The second-order valence-electron chi connectivity index (χ2n) is 7.47. The van der Waals surface area contributed by atoms with E-state index in [1.54, 1.807) is 5.56 Å². The second-order valence-corrected chi connectivity index (χ2v) is 7.47. The first-order chi connectivity index (χ1) is 9.43. The van der Waals surface area contributed by atoms with Gasteiger partial charge in [-0.3, -0.25) is 0 Å². The van der Waals surface area contributed by atoms with Crippen LogP contribution in [0, 0.1) is 25.2 Å². The minimum atomic E-state index is 0.563. The predicted octanol–water partition coefficient (Wildman–Crippen LogP) is 4.65. The molecule has 1 saturated carbocycles. The molecular weight excluding hydrogens is 242 g/mol. The number of aryl methyl sites for hydroxylation is 2. The van der Waals surface area contributed by atoms with Crippen LogP contribution in [0.4, 0.5) is 0 Å². The van der Waals surface area contributed by atoms with Gasteiger partial charge in [0.25, 0.3) is 0 Å². The fourth-order valence-corrected chi connectivity index (χ4v) is 3.72. The minimum absolute atomic E-state index is 0.563. The van der Waals surface area contributed by atoms with Gasteiger partial charge in [0.1, 0.15) is 0 Å². The second kappa shape index (κ2) is 6.30. The fraction of sp³-hybridized carbons (Fsp3) is 0.684. The van der Waals surface area contributed by atoms with Crippen molar-refractivity contribution in [1.29, 1.82) is 0 Å². The Morgan fingerprint density at radius 1 is 1.15 bits per heavy atom. The smallest absolute Gasteiger partial charge is 0.0133 e. The number of benzene rings is 1. The van der Waals surface area contributed by atoms with Crippen LogP contribution in [-0.4, -0.2) is 13.1 Å². The summed E-state index contributed by atoms with van der Waals surface area (Å²) in [6, 6.07) is 7.30. The van der Waals surface area contributed by atoms with Crippen molar-refractivity contribution < 1.29 is 0 Å². The molecule has 1 fully saturated rings. The molecule has 1 nitrogen and oxygen atoms in total. The van der Waals surface area contributed by atoms with Crippen LogP contribution in [0.25, 0.3) is 0 Å². The Kier molecular flexibility index (Phi) is 4.90. The number of nitrogens with one attached hydrogen (secondary N) is 1. The number of hydrogen-bond donors (Lipinski definition) is 1. The average Bonchev–Trinajstić information content (AvgIpc) is 2.39. The van der Waals surface area contributed by atoms with E-state index in [-0.39, 0.29) is 0 Å². The zero-order valence-electron chi connectivity index (χ0n) is 13.9. The van der Waals surface area contributed by atoms with Crippen LogP contribution in [0.5, 0.6) is 0 Å². The molecule has 0 amide bonds. The normalized spacial score (nSPS) is 20.9. The van der Waals surface area contributed by atoms with Gasteiger partial charge in [0, 0.05) is 6.04 Å². The monoisotopic (exact) mass is 273 g/mol. The lowest BCUT2D eigenvalue weighted by atomic mass is 9.70. The molecule has 1 aliphatic carbocycles. The minimum Gasteiger partial charge on any atom is -0.316 e. The van der Waals surface area contributed by atoms with Gasteiger partial charge in [-0.1, -0.05) is 32.0 Å². The Hall–Kier alpha value is -0.820. The van der Waals surface area contributed by atoms with Crippen molar-refractivity contribution in [1.82, 2.24) is 5.32 Å². The van der Waals surface area contributed by atoms with Crippen LogP contribution in [0.3, 0.4) is 0 Å². The first-order valence-corrected chi connectivity index (χ1v) is 8.15. The van der Waals surface area contributed by atoms with Crippen molar-refractivity contribution in [2.75, 3.05) is 7.05 Å². The molecule has 1 unspecified atom stereocenters. The lowest BCUT2D eigenvalue weighted by molar-refractivity contribution is 0.163. The molecule has 1 aromatic carbocycles. The van der Waals surface area contributed by atoms with Gasteiger partial charge in [0.05, 0.1) is 0 Å². The Balaban J connectivity index is 2.06. The quantitative estimate of drug-likeness (QED) is 0.842. The van der Waals surface area contributed by atoms with E-state index in [0.29, 0.717) is 11.5 Å². The summed E-state index contributed by atoms with van der Waals surface area (Å²) in [5.41, 5.74) is 5.01. The summed E-state index contributed by atoms with van der Waals surface area (Å²) in [6.45, 7) is 9.34. The Bertz CT molecular complexity index is 417. The zero-order chi connectivity index (χ0) is 14.8. The molecule has 1 aromatic rings. The van der Waals surface area contributed by atoms with Crippen molar-refractivity contribution in [2.45, 2.75) is 65.8 Å². The molecule has 0 aromatic heterocycles. The van der Waals surface area contributed by atoms with Gasteiger partial charge in [-0.05, 0) is 81.0 Å². The highest BCUT2D eigenvalue weighted by atomic mass is 14.9. The van der Waals surface area contributed by atoms with E-state index >= 15 is 0 Å². The van der Waals surface area contributed by atoms with Crippen LogP contribution in [0.1, 0.15) is 56.2 Å². The highest BCUT2D eigenvalue weighted by Crippen LogP contribution is 2.39. The first-order valence-electron chi connectivity index (χ1n) is 8.15. The molecule has 112 valence electrons. The van der Waals surface area contributed by atoms with Gasteiger partial charge in [-0.2, -0.15) is 0 Å². The standard InChI is InChI=1S/C19H31N/c1-14-7-6-8-15(2)17(14)13-18(20-5)16-9-11-19(3,4)12-10-16/h6-8,16,18,20H,9-13H2,1-5H3. The third-order valence-electron chi connectivity index (χ3n) is 5.39. The van der Waals surface area contributed by atoms with E-state index in [1.165, 1.54) is 43.2 Å². The average molecular weight is 273 g/mol. The third-order valence-corrected chi connectivity index (χ3v) is 5.39. The molecule has 0 spiro atoms. The van der Waals surface area contributed by atoms with Crippen molar-refractivity contribution in [3.05, 3.63) is 34.9 Å². The SMILES string of the molecule is CNC(Cc1c(C)cccc1C)C1CCC(C)(C)CC1. The van der Waals surface area contributed by atoms with Gasteiger partial charge < -0.3 is 5.32 Å². The summed E-state index contributed by atoms with van der Waals surface area (Å²) in [7, 11) is 2.14. The van der Waals surface area contributed by atoms with E-state index in [0.717, 1.165) is 5.92 Å². The van der Waals surface area contributed by atoms with Gasteiger partial charge in [0.2, 0.25) is 0 Å². The summed E-state index contributed by atoms with van der Waals surface area (Å²) in [4.78, 5) is 0. The summed E-state index contributed by atoms with van der Waals surface area (Å²) < 4.78 is 0. The summed E-state index contributed by atoms with van der Waals surface area (Å²) in [5, 5.41) is 3.60. The van der Waals surface area contributed by atoms with Gasteiger partial charge in [-0.15, -0.1) is 0 Å². The van der Waals surface area contributed by atoms with E-state index in [2.05, 4.69) is 58.3 Å². The maximum absolute atomic E-state index is 3.60. The van der Waals surface area contributed by atoms with Crippen molar-refractivity contribution in [2.24, 2.45) is 11.3 Å². The molecule has 1 N–H and O–H groups in total. The molecule has 1 atom stereocenters. The molecule has 0 radical (unpaired) electrons. The Morgan fingerprint density at radius 2 is 1.70 bits per heavy atom. The highest BCUT2D eigenvalue weighted by molar-refractivity contribution is 5.34. The molecular formula is C19H31N. The summed E-state index contributed by atoms with van der Waals surface area (Å²) in [5.74, 6) is 0.840. The third kappa shape index (κ3) is 3.63. The van der Waals surface area contributed by atoms with Crippen LogP contribution in [-0.2, 0) is 6.42 Å².